The largest absolute Gasteiger partial charge is 0.370 e. The van der Waals surface area contributed by atoms with Crippen LogP contribution in [-0.4, -0.2) is 25.0 Å². The Morgan fingerprint density at radius 2 is 2.10 bits per heavy atom. The number of nitrogens with two attached hydrogens (primary N) is 1. The van der Waals surface area contributed by atoms with E-state index in [1.807, 2.05) is 0 Å². The molecular weight excluding hydrogens is 169 g/mol. The number of carbonyl (C=O) groups is 1. The summed E-state index contributed by atoms with van der Waals surface area (Å²) < 4.78 is 11.0. The van der Waals surface area contributed by atoms with E-state index >= 15 is 0 Å². The quantitative estimate of drug-likeness (QED) is 0.661. The molecule has 0 aromatic rings. The van der Waals surface area contributed by atoms with Crippen LogP contribution in [0.1, 0.15) is 6.42 Å². The summed E-state index contributed by atoms with van der Waals surface area (Å²) in [5.41, 5.74) is 4.88. The van der Waals surface area contributed by atoms with Gasteiger partial charge in [0.2, 0.25) is 5.91 Å². The molecule has 0 spiro atoms. The van der Waals surface area contributed by atoms with Gasteiger partial charge in [-0.3, -0.25) is 4.79 Å². The summed E-state index contributed by atoms with van der Waals surface area (Å²) in [5, 5.41) is 0. The highest BCUT2D eigenvalue weighted by Crippen LogP contribution is 2.51. The van der Waals surface area contributed by atoms with Gasteiger partial charge < -0.3 is 10.3 Å². The molecule has 0 aliphatic carbocycles. The molecule has 10 heavy (non-hydrogen) atoms. The van der Waals surface area contributed by atoms with Crippen LogP contribution < -0.4 is 5.73 Å². The maximum atomic E-state index is 11.0. The Morgan fingerprint density at radius 1 is 1.60 bits per heavy atom. The van der Waals surface area contributed by atoms with Crippen LogP contribution >= 0.6 is 17.7 Å². The second-order valence-corrected chi connectivity index (χ2v) is 8.88. The summed E-state index contributed by atoms with van der Waals surface area (Å²) in [4.78, 5) is 10.2. The summed E-state index contributed by atoms with van der Waals surface area (Å²) in [6.45, 7) is 3.36. The van der Waals surface area contributed by atoms with E-state index < -0.39 is 6.34 Å². The Balaban J connectivity index is 3.39. The molecule has 0 rings (SSSR count). The number of hydrogen-bond donors (Lipinski definition) is 1. The number of amides is 1. The van der Waals surface area contributed by atoms with Gasteiger partial charge in [0.15, 0.2) is 0 Å². The van der Waals surface area contributed by atoms with Crippen molar-refractivity contribution < 1.29 is 9.36 Å². The lowest BCUT2D eigenvalue weighted by Crippen LogP contribution is -2.10. The molecule has 0 heterocycles. The molecule has 1 amide bonds. The number of carbonyl (C=O) groups excluding carboxylic acids is 1. The third kappa shape index (κ3) is 8.05. The third-order valence-corrected chi connectivity index (χ3v) is 4.17. The first kappa shape index (κ1) is 10.0. The van der Waals surface area contributed by atoms with Gasteiger partial charge in [-0.15, -0.1) is 0 Å². The normalized spacial score (nSPS) is 11.4. The predicted molar refractivity (Wildman–Crippen MR) is 45.7 cm³/mol. The molecule has 0 fully saturated rings. The molecule has 2 N–H and O–H groups in total. The summed E-state index contributed by atoms with van der Waals surface area (Å²) in [7, 11) is 0. The van der Waals surface area contributed by atoms with Crippen molar-refractivity contribution >= 4 is 23.6 Å². The lowest BCUT2D eigenvalue weighted by Gasteiger charge is -2.02. The van der Waals surface area contributed by atoms with E-state index in [4.69, 9.17) is 5.73 Å². The monoisotopic (exact) mass is 181 g/mol. The topological polar surface area (TPSA) is 60.2 Å². The Bertz CT molecular complexity index is 165. The van der Waals surface area contributed by atoms with Gasteiger partial charge in [-0.1, -0.05) is 11.4 Å². The van der Waals surface area contributed by atoms with Crippen molar-refractivity contribution in [2.45, 2.75) is 6.42 Å². The van der Waals surface area contributed by atoms with Crippen molar-refractivity contribution in [3.63, 3.8) is 0 Å². The van der Waals surface area contributed by atoms with Crippen LogP contribution in [0.15, 0.2) is 0 Å². The lowest BCUT2D eigenvalue weighted by atomic mass is 10.5. The van der Waals surface area contributed by atoms with Crippen LogP contribution in [0.2, 0.25) is 0 Å². The Hall–Kier alpha value is 0.0500. The van der Waals surface area contributed by atoms with Gasteiger partial charge in [0.1, 0.15) is 6.34 Å². The highest BCUT2D eigenvalue weighted by atomic mass is 32.7. The minimum atomic E-state index is -2.01. The molecule has 0 bridgehead atoms. The van der Waals surface area contributed by atoms with Gasteiger partial charge >= 0.3 is 0 Å². The lowest BCUT2D eigenvalue weighted by molar-refractivity contribution is -0.117. The van der Waals surface area contributed by atoms with E-state index in [1.54, 1.807) is 13.3 Å². The molecule has 60 valence electrons. The average molecular weight is 181 g/mol. The van der Waals surface area contributed by atoms with Crippen molar-refractivity contribution in [2.75, 3.05) is 19.1 Å². The molecule has 0 aliphatic heterocycles. The zero-order valence-electron chi connectivity index (χ0n) is 6.16. The molecule has 0 aromatic carbocycles. The second kappa shape index (κ2) is 4.04. The Labute approximate surface area is 64.9 Å². The van der Waals surface area contributed by atoms with Crippen LogP contribution in [0.5, 0.6) is 0 Å². The van der Waals surface area contributed by atoms with Crippen molar-refractivity contribution in [1.82, 2.24) is 0 Å². The fraction of sp³-hybridized carbons (Fsp3) is 0.800. The van der Waals surface area contributed by atoms with E-state index in [0.717, 1.165) is 0 Å². The molecule has 0 saturated heterocycles. The minimum Gasteiger partial charge on any atom is -0.370 e. The van der Waals surface area contributed by atoms with Gasteiger partial charge in [-0.05, 0) is 13.3 Å². The van der Waals surface area contributed by atoms with Crippen LogP contribution in [-0.2, 0) is 9.36 Å². The number of primary amides is 1. The maximum Gasteiger partial charge on any atom is 0.218 e. The van der Waals surface area contributed by atoms with Gasteiger partial charge in [0.25, 0.3) is 0 Å². The maximum absolute atomic E-state index is 11.0. The van der Waals surface area contributed by atoms with E-state index in [9.17, 15) is 9.36 Å². The highest BCUT2D eigenvalue weighted by Gasteiger charge is 2.07. The van der Waals surface area contributed by atoms with Gasteiger partial charge in [-0.25, -0.2) is 0 Å². The fourth-order valence-electron chi connectivity index (χ4n) is 0.366. The van der Waals surface area contributed by atoms with Gasteiger partial charge in [0, 0.05) is 12.2 Å². The number of hydrogen-bond acceptors (Lipinski definition) is 3. The highest BCUT2D eigenvalue weighted by molar-refractivity contribution is 8.57. The van der Waals surface area contributed by atoms with Crippen molar-refractivity contribution in [3.05, 3.63) is 0 Å². The van der Waals surface area contributed by atoms with E-state index in [-0.39, 0.29) is 5.91 Å². The van der Waals surface area contributed by atoms with Crippen LogP contribution in [0.4, 0.5) is 0 Å². The predicted octanol–water partition coefficient (Wildman–Crippen LogP) is 1.13. The first-order chi connectivity index (χ1) is 4.42. The zero-order chi connectivity index (χ0) is 8.20. The van der Waals surface area contributed by atoms with Crippen LogP contribution in [0, 0.1) is 0 Å². The van der Waals surface area contributed by atoms with Crippen molar-refractivity contribution in [1.29, 1.82) is 0 Å². The summed E-state index contributed by atoms with van der Waals surface area (Å²) >= 11 is 1.32. The molecular formula is C5H12NO2PS. The molecule has 0 aliphatic rings. The zero-order valence-corrected chi connectivity index (χ0v) is 7.87. The SMILES string of the molecule is CP(C)(=O)SCCC(N)=O. The molecule has 0 atom stereocenters. The Kier molecular flexibility index (Phi) is 4.06. The number of rotatable bonds is 4. The minimum absolute atomic E-state index is 0.316. The first-order valence-corrected chi connectivity index (χ1v) is 7.09. The van der Waals surface area contributed by atoms with Crippen LogP contribution in [0.3, 0.4) is 0 Å². The van der Waals surface area contributed by atoms with E-state index in [1.165, 1.54) is 11.4 Å². The molecule has 5 heteroatoms. The van der Waals surface area contributed by atoms with Crippen molar-refractivity contribution in [3.8, 4) is 0 Å². The molecule has 0 radical (unpaired) electrons. The fourth-order valence-corrected chi connectivity index (χ4v) is 2.69. The summed E-state index contributed by atoms with van der Waals surface area (Å²) in [6, 6.07) is 0. The molecule has 0 unspecified atom stereocenters. The van der Waals surface area contributed by atoms with Crippen molar-refractivity contribution in [2.24, 2.45) is 5.73 Å². The summed E-state index contributed by atoms with van der Waals surface area (Å²) in [5.74, 6) is 0.237. The Morgan fingerprint density at radius 3 is 2.40 bits per heavy atom. The smallest absolute Gasteiger partial charge is 0.218 e. The molecule has 3 nitrogen and oxygen atoms in total. The summed E-state index contributed by atoms with van der Waals surface area (Å²) in [6.07, 6.45) is -1.70. The van der Waals surface area contributed by atoms with Crippen LogP contribution in [0.25, 0.3) is 0 Å². The molecule has 0 aromatic heterocycles. The van der Waals surface area contributed by atoms with Gasteiger partial charge in [0.05, 0.1) is 0 Å². The second-order valence-electron chi connectivity index (χ2n) is 2.30. The molecule has 0 saturated carbocycles. The van der Waals surface area contributed by atoms with E-state index in [2.05, 4.69) is 0 Å². The third-order valence-electron chi connectivity index (χ3n) is 0.751. The van der Waals surface area contributed by atoms with Gasteiger partial charge in [-0.2, -0.15) is 0 Å². The average Bonchev–Trinajstić information content (AvgIpc) is 1.59. The standard InChI is InChI=1S/C5H12NO2PS/c1-9(2,8)10-4-3-5(6)7/h3-4H2,1-2H3,(H2,6,7). The first-order valence-electron chi connectivity index (χ1n) is 2.89. The van der Waals surface area contributed by atoms with E-state index in [0.29, 0.717) is 12.2 Å².